The number of aromatic nitrogens is 14. The number of ether oxygens (including phenoxy) is 7. The quantitative estimate of drug-likeness (QED) is 0.116. The van der Waals surface area contributed by atoms with Crippen molar-refractivity contribution in [2.45, 2.75) is 20.1 Å². The summed E-state index contributed by atoms with van der Waals surface area (Å²) in [5.41, 5.74) is 14.6. The number of fused-ring (bicyclic) bond motifs is 9. The second-order valence-electron chi connectivity index (χ2n) is 24.2. The van der Waals surface area contributed by atoms with Crippen molar-refractivity contribution < 1.29 is 33.2 Å². The maximum absolute atomic E-state index is 6.90. The molecule has 20 rings (SSSR count). The lowest BCUT2D eigenvalue weighted by Gasteiger charge is -2.13. The number of hydrogen-bond acceptors (Lipinski definition) is 19. The molecule has 0 saturated heterocycles. The van der Waals surface area contributed by atoms with E-state index in [1.165, 1.54) is 23.5 Å². The van der Waals surface area contributed by atoms with Gasteiger partial charge in [0.25, 0.3) is 0 Å². The van der Waals surface area contributed by atoms with Crippen molar-refractivity contribution in [2.75, 3.05) is 27.5 Å². The smallest absolute Gasteiger partial charge is 0.231 e. The minimum atomic E-state index is 0.226. The van der Waals surface area contributed by atoms with Gasteiger partial charge in [0.2, 0.25) is 20.4 Å². The Morgan fingerprint density at radius 2 is 0.785 bits per heavy atom. The molecule has 528 valence electrons. The number of halogens is 6. The molecule has 0 atom stereocenters. The summed E-state index contributed by atoms with van der Waals surface area (Å²) >= 11 is 31.7. The van der Waals surface area contributed by atoms with Gasteiger partial charge in [-0.1, -0.05) is 84.9 Å². The third kappa shape index (κ3) is 14.3. The molecule has 3 aliphatic rings. The van der Waals surface area contributed by atoms with Crippen molar-refractivity contribution in [1.29, 1.82) is 0 Å². The highest BCUT2D eigenvalue weighted by Gasteiger charge is 2.23. The van der Waals surface area contributed by atoms with Crippen molar-refractivity contribution in [3.05, 3.63) is 241 Å². The zero-order chi connectivity index (χ0) is 73.0. The number of pyridine rings is 6. The molecule has 0 saturated carbocycles. The van der Waals surface area contributed by atoms with Gasteiger partial charge in [0.1, 0.15) is 5.75 Å². The summed E-state index contributed by atoms with van der Waals surface area (Å²) in [6.45, 7) is 0.715. The first-order chi connectivity index (χ1) is 52.2. The number of hydrogen-bond donors (Lipinski definition) is 0. The van der Waals surface area contributed by atoms with Crippen LogP contribution in [0.25, 0.3) is 111 Å². The Labute approximate surface area is 662 Å². The van der Waals surface area contributed by atoms with E-state index >= 15 is 0 Å². The fourth-order valence-electron chi connectivity index (χ4n) is 12.2. The van der Waals surface area contributed by atoms with Crippen molar-refractivity contribution in [1.82, 2.24) is 68.7 Å². The van der Waals surface area contributed by atoms with E-state index in [4.69, 9.17) is 72.9 Å². The van der Waals surface area contributed by atoms with Gasteiger partial charge in [-0.25, -0.2) is 0 Å². The molecule has 13 heterocycles. The number of benzene rings is 7. The molecule has 21 nitrogen and oxygen atoms in total. The molecule has 29 heteroatoms. The lowest BCUT2D eigenvalue weighted by molar-refractivity contribution is 0.173. The largest absolute Gasteiger partial charge is 0.495 e. The second-order valence-corrected chi connectivity index (χ2v) is 30.5. The van der Waals surface area contributed by atoms with Crippen LogP contribution in [-0.4, -0.2) is 96.2 Å². The first-order valence-electron chi connectivity index (χ1n) is 32.6. The Balaban J connectivity index is 0.000000112. The molecular formula is C78H50Br2Cl3IN14O7S2. The summed E-state index contributed by atoms with van der Waals surface area (Å²) in [7, 11) is 5.49. The first-order valence-corrected chi connectivity index (χ1v) is 38.0. The first kappa shape index (κ1) is 69.7. The summed E-state index contributed by atoms with van der Waals surface area (Å²) in [5, 5.41) is 33.4. The molecule has 17 aromatic rings. The van der Waals surface area contributed by atoms with E-state index in [1.54, 1.807) is 35.1 Å². The molecule has 0 fully saturated rings. The van der Waals surface area contributed by atoms with Gasteiger partial charge in [0.05, 0.1) is 60.2 Å². The summed E-state index contributed by atoms with van der Waals surface area (Å²) in [6, 6.07) is 49.2. The van der Waals surface area contributed by atoms with Gasteiger partial charge < -0.3 is 33.2 Å². The van der Waals surface area contributed by atoms with E-state index in [0.29, 0.717) is 21.5 Å². The van der Waals surface area contributed by atoms with Gasteiger partial charge in [-0.05, 0) is 196 Å². The van der Waals surface area contributed by atoms with Crippen LogP contribution in [-0.2, 0) is 14.1 Å². The van der Waals surface area contributed by atoms with Crippen LogP contribution in [0.4, 0.5) is 0 Å². The molecule has 0 aliphatic carbocycles. The molecule has 7 aromatic carbocycles. The summed E-state index contributed by atoms with van der Waals surface area (Å²) in [6.07, 6.45) is 18.9. The van der Waals surface area contributed by atoms with Crippen LogP contribution in [0.15, 0.2) is 243 Å². The van der Waals surface area contributed by atoms with E-state index in [2.05, 4.69) is 106 Å². The normalized spacial score (nSPS) is 12.4. The lowest BCUT2D eigenvalue weighted by Crippen LogP contribution is -1.93. The Morgan fingerprint density at radius 3 is 1.24 bits per heavy atom. The molecule has 107 heavy (non-hydrogen) atoms. The molecule has 0 spiro atoms. The second kappa shape index (κ2) is 29.8. The van der Waals surface area contributed by atoms with Gasteiger partial charge in [-0.2, -0.15) is 10.2 Å². The van der Waals surface area contributed by atoms with E-state index < -0.39 is 0 Å². The Kier molecular flexibility index (Phi) is 19.4. The minimum absolute atomic E-state index is 0.226. The molecule has 10 aromatic heterocycles. The number of methoxy groups -OCH3 is 1. The highest BCUT2D eigenvalue weighted by atomic mass is 127. The Hall–Kier alpha value is -10.3. The molecule has 0 amide bonds. The predicted octanol–water partition coefficient (Wildman–Crippen LogP) is 20.4. The van der Waals surface area contributed by atoms with Crippen LogP contribution in [0, 0.1) is 3.57 Å². The van der Waals surface area contributed by atoms with Crippen molar-refractivity contribution in [3.8, 4) is 95.9 Å². The molecule has 0 N–H and O–H groups in total. The lowest BCUT2D eigenvalue weighted by atomic mass is 10.0. The average molecular weight is 1750 g/mol. The predicted molar refractivity (Wildman–Crippen MR) is 430 cm³/mol. The zero-order valence-corrected chi connectivity index (χ0v) is 65.3. The van der Waals surface area contributed by atoms with Gasteiger partial charge in [-0.15, -0.1) is 20.4 Å². The van der Waals surface area contributed by atoms with Crippen molar-refractivity contribution in [2.24, 2.45) is 14.1 Å². The monoisotopic (exact) mass is 1750 g/mol. The van der Waals surface area contributed by atoms with Gasteiger partial charge >= 0.3 is 0 Å². The Bertz CT molecular complexity index is 6390. The van der Waals surface area contributed by atoms with Gasteiger partial charge in [0.15, 0.2) is 56.1 Å². The molecule has 0 unspecified atom stereocenters. The van der Waals surface area contributed by atoms with Gasteiger partial charge in [0, 0.05) is 143 Å². The Morgan fingerprint density at radius 1 is 0.393 bits per heavy atom. The summed E-state index contributed by atoms with van der Waals surface area (Å²) < 4.78 is 49.1. The van der Waals surface area contributed by atoms with Crippen LogP contribution in [0.1, 0.15) is 0 Å². The fourth-order valence-corrected chi connectivity index (χ4v) is 15.9. The molecule has 0 radical (unpaired) electrons. The third-order valence-corrected chi connectivity index (χ3v) is 22.8. The number of rotatable bonds is 10. The maximum Gasteiger partial charge on any atom is 0.231 e. The standard InChI is InChI=1S/C27H20N6O3S.C26H17ClN6O2S.C16H9BrClNO2.C9H4BrClIN/c1-32-13-18(11-29-32)17-4-8-25-30-31-27(33(25)14-17)37-19-5-6-22-20(10-19)26(34-2)21(12-28-22)16-3-7-23-24(9-16)36-15-35-23;1-32-12-17(10-29-32)16-3-7-24-30-31-26(33(24)13-16)36-18-4-5-21-19(9-18)25(27)20(11-28-21)15-2-6-22-23(8-15)35-14-34-22;17-10-2-3-13-11(6-10)16(18)12(7-19-13)9-1-4-14-15(5-9)21-8-20-14;10-5-1-2-8-6(3-5)9(11)7(12)4-13-8/h3-14H,15H2,1-2H3;2-13H,14H2,1H3;1-7H,8H2;1-4H. The molecular weight excluding hydrogens is 1700 g/mol. The average Bonchev–Trinajstić information content (AvgIpc) is 1.60. The van der Waals surface area contributed by atoms with E-state index in [-0.39, 0.29) is 20.4 Å². The topological polar surface area (TPSA) is 212 Å². The van der Waals surface area contributed by atoms with Crippen molar-refractivity contribution in [3.63, 3.8) is 0 Å². The van der Waals surface area contributed by atoms with Crippen LogP contribution in [0.3, 0.4) is 0 Å². The number of nitrogens with zero attached hydrogens (tertiary/aromatic N) is 14. The van der Waals surface area contributed by atoms with Crippen LogP contribution >= 0.6 is 113 Å². The highest BCUT2D eigenvalue weighted by Crippen LogP contribution is 2.46. The van der Waals surface area contributed by atoms with Crippen molar-refractivity contribution >= 4 is 168 Å². The fraction of sp³-hybridized carbons (Fsp3) is 0.0769. The zero-order valence-electron chi connectivity index (χ0n) is 56.0. The van der Waals surface area contributed by atoms with E-state index in [1.807, 2.05) is 212 Å². The van der Waals surface area contributed by atoms with Gasteiger partial charge in [-0.3, -0.25) is 38.1 Å². The molecule has 3 aliphatic heterocycles. The SMILES string of the molecule is COc1c(-c2ccc3c(c2)OCO3)cnc2ccc(Sc3nnc4ccc(-c5cnn(C)c5)cn34)cc12.Clc1c(-c2ccc3c(c2)OCO3)cnc2ccc(Br)cc12.Clc1c(I)cnc2ccc(Br)cc12.Cn1cc(-c2ccc3nnc(Sc4ccc5ncc(-c6ccc7c(c6)OCO7)c(Cl)c5c4)n3c2)cn1. The summed E-state index contributed by atoms with van der Waals surface area (Å²) in [4.78, 5) is 20.1. The maximum atomic E-state index is 6.90. The van der Waals surface area contributed by atoms with Crippen LogP contribution < -0.4 is 33.2 Å². The molecule has 0 bridgehead atoms. The number of aryl methyl sites for hydroxylation is 2. The van der Waals surface area contributed by atoms with E-state index in [9.17, 15) is 0 Å². The minimum Gasteiger partial charge on any atom is -0.495 e. The van der Waals surface area contributed by atoms with E-state index in [0.717, 1.165) is 177 Å². The highest BCUT2D eigenvalue weighted by molar-refractivity contribution is 14.1. The van der Waals surface area contributed by atoms with Crippen LogP contribution in [0.5, 0.6) is 40.2 Å². The third-order valence-electron chi connectivity index (χ3n) is 17.5. The summed E-state index contributed by atoms with van der Waals surface area (Å²) in [5.74, 6) is 5.13. The van der Waals surface area contributed by atoms with Crippen LogP contribution in [0.2, 0.25) is 15.1 Å².